The maximum Gasteiger partial charge on any atom is 0.226 e. The van der Waals surface area contributed by atoms with E-state index in [0.29, 0.717) is 15.7 Å². The van der Waals surface area contributed by atoms with Gasteiger partial charge in [0.05, 0.1) is 10.0 Å². The number of rotatable bonds is 5. The molecule has 2 aromatic carbocycles. The van der Waals surface area contributed by atoms with Crippen LogP contribution in [-0.2, 0) is 4.79 Å². The highest BCUT2D eigenvalue weighted by atomic mass is 35.5. The van der Waals surface area contributed by atoms with Gasteiger partial charge in [0.15, 0.2) is 0 Å². The van der Waals surface area contributed by atoms with Gasteiger partial charge in [0, 0.05) is 18.7 Å². The fraction of sp³-hybridized carbons (Fsp3) is 0.133. The summed E-state index contributed by atoms with van der Waals surface area (Å²) in [5, 5.41) is 5.89. The topological polar surface area (TPSA) is 41.1 Å². The molecule has 0 spiro atoms. The predicted molar refractivity (Wildman–Crippen MR) is 84.6 cm³/mol. The summed E-state index contributed by atoms with van der Waals surface area (Å²) in [6.45, 7) is 0.0883. The summed E-state index contributed by atoms with van der Waals surface area (Å²) in [5.74, 6) is -1.72. The standard InChI is InChI=1S/C15H12Cl2F2N2O/c16-10-5-4-9(8-11(10)17)21-14(22)6-7-20-15-12(18)2-1-3-13(15)19/h1-5,8,20H,6-7H2,(H,21,22). The van der Waals surface area contributed by atoms with Crippen LogP contribution in [-0.4, -0.2) is 12.5 Å². The second kappa shape index (κ2) is 7.42. The Morgan fingerprint density at radius 3 is 2.36 bits per heavy atom. The van der Waals surface area contributed by atoms with Crippen molar-refractivity contribution in [2.75, 3.05) is 17.2 Å². The minimum absolute atomic E-state index is 0.0357. The maximum absolute atomic E-state index is 13.4. The van der Waals surface area contributed by atoms with Crippen molar-refractivity contribution in [1.82, 2.24) is 0 Å². The van der Waals surface area contributed by atoms with Gasteiger partial charge < -0.3 is 10.6 Å². The number of benzene rings is 2. The lowest BCUT2D eigenvalue weighted by Gasteiger charge is -2.09. The zero-order valence-corrected chi connectivity index (χ0v) is 12.8. The van der Waals surface area contributed by atoms with Gasteiger partial charge in [-0.05, 0) is 30.3 Å². The number of carbonyl (C=O) groups excluding carboxylic acids is 1. The first-order chi connectivity index (χ1) is 10.5. The normalized spacial score (nSPS) is 10.4. The van der Waals surface area contributed by atoms with Crippen molar-refractivity contribution in [3.05, 3.63) is 58.1 Å². The Bertz CT molecular complexity index is 675. The Kier molecular flexibility index (Phi) is 5.57. The molecule has 0 unspecified atom stereocenters. The summed E-state index contributed by atoms with van der Waals surface area (Å²) >= 11 is 11.6. The van der Waals surface area contributed by atoms with E-state index in [4.69, 9.17) is 23.2 Å². The number of amides is 1. The van der Waals surface area contributed by atoms with E-state index in [2.05, 4.69) is 10.6 Å². The number of para-hydroxylation sites is 1. The van der Waals surface area contributed by atoms with Crippen LogP contribution in [0.4, 0.5) is 20.2 Å². The van der Waals surface area contributed by atoms with Gasteiger partial charge >= 0.3 is 0 Å². The van der Waals surface area contributed by atoms with Crippen molar-refractivity contribution in [1.29, 1.82) is 0 Å². The number of halogens is 4. The lowest BCUT2D eigenvalue weighted by Crippen LogP contribution is -2.17. The van der Waals surface area contributed by atoms with Gasteiger partial charge in [-0.2, -0.15) is 0 Å². The zero-order chi connectivity index (χ0) is 16.1. The molecule has 0 aliphatic heterocycles. The average molecular weight is 345 g/mol. The highest BCUT2D eigenvalue weighted by Crippen LogP contribution is 2.25. The smallest absolute Gasteiger partial charge is 0.226 e. The first kappa shape index (κ1) is 16.5. The summed E-state index contributed by atoms with van der Waals surface area (Å²) in [7, 11) is 0. The Balaban J connectivity index is 1.86. The molecule has 0 aliphatic rings. The van der Waals surface area contributed by atoms with Crippen LogP contribution < -0.4 is 10.6 Å². The molecule has 0 saturated carbocycles. The minimum atomic E-state index is -0.704. The van der Waals surface area contributed by atoms with Crippen LogP contribution in [0.3, 0.4) is 0 Å². The molecule has 2 aromatic rings. The largest absolute Gasteiger partial charge is 0.380 e. The first-order valence-electron chi connectivity index (χ1n) is 6.40. The van der Waals surface area contributed by atoms with Crippen molar-refractivity contribution < 1.29 is 13.6 Å². The van der Waals surface area contributed by atoms with Gasteiger partial charge in [-0.1, -0.05) is 29.3 Å². The third-order valence-electron chi connectivity index (χ3n) is 2.82. The summed E-state index contributed by atoms with van der Waals surface area (Å²) in [6.07, 6.45) is 0.0357. The number of anilines is 2. The van der Waals surface area contributed by atoms with Crippen LogP contribution >= 0.6 is 23.2 Å². The van der Waals surface area contributed by atoms with Crippen molar-refractivity contribution in [3.63, 3.8) is 0 Å². The number of hydrogen-bond donors (Lipinski definition) is 2. The Hall–Kier alpha value is -1.85. The SMILES string of the molecule is O=C(CCNc1c(F)cccc1F)Nc1ccc(Cl)c(Cl)c1. The van der Waals surface area contributed by atoms with Gasteiger partial charge in [-0.3, -0.25) is 4.79 Å². The van der Waals surface area contributed by atoms with Gasteiger partial charge in [-0.25, -0.2) is 8.78 Å². The highest BCUT2D eigenvalue weighted by Gasteiger charge is 2.09. The monoisotopic (exact) mass is 344 g/mol. The molecule has 1 amide bonds. The molecule has 0 radical (unpaired) electrons. The lowest BCUT2D eigenvalue weighted by atomic mass is 10.2. The Morgan fingerprint density at radius 2 is 1.73 bits per heavy atom. The maximum atomic E-state index is 13.4. The number of carbonyl (C=O) groups is 1. The van der Waals surface area contributed by atoms with Crippen LogP contribution in [0.2, 0.25) is 10.0 Å². The van der Waals surface area contributed by atoms with Gasteiger partial charge in [0.2, 0.25) is 5.91 Å². The quantitative estimate of drug-likeness (QED) is 0.824. The van der Waals surface area contributed by atoms with Crippen LogP contribution in [0.15, 0.2) is 36.4 Å². The molecule has 2 rings (SSSR count). The van der Waals surface area contributed by atoms with E-state index in [1.54, 1.807) is 12.1 Å². The van der Waals surface area contributed by atoms with Crippen molar-refractivity contribution in [2.45, 2.75) is 6.42 Å². The molecule has 0 aromatic heterocycles. The summed E-state index contributed by atoms with van der Waals surface area (Å²) < 4.78 is 26.7. The molecule has 0 atom stereocenters. The average Bonchev–Trinajstić information content (AvgIpc) is 2.46. The molecule has 22 heavy (non-hydrogen) atoms. The molecule has 0 heterocycles. The zero-order valence-electron chi connectivity index (χ0n) is 11.3. The first-order valence-corrected chi connectivity index (χ1v) is 7.16. The number of nitrogens with one attached hydrogen (secondary N) is 2. The molecule has 0 aliphatic carbocycles. The third-order valence-corrected chi connectivity index (χ3v) is 3.56. The second-order valence-corrected chi connectivity index (χ2v) is 5.26. The molecule has 3 nitrogen and oxygen atoms in total. The van der Waals surface area contributed by atoms with Gasteiger partial charge in [0.1, 0.15) is 17.3 Å². The molecule has 116 valence electrons. The van der Waals surface area contributed by atoms with E-state index in [1.165, 1.54) is 12.1 Å². The number of hydrogen-bond acceptors (Lipinski definition) is 2. The highest BCUT2D eigenvalue weighted by molar-refractivity contribution is 6.42. The molecule has 0 fully saturated rings. The minimum Gasteiger partial charge on any atom is -0.380 e. The van der Waals surface area contributed by atoms with Crippen LogP contribution in [0.5, 0.6) is 0 Å². The second-order valence-electron chi connectivity index (χ2n) is 4.45. The molecular weight excluding hydrogens is 333 g/mol. The van der Waals surface area contributed by atoms with E-state index in [1.807, 2.05) is 0 Å². The molecular formula is C15H12Cl2F2N2O. The summed E-state index contributed by atoms with van der Waals surface area (Å²) in [5.41, 5.74) is 0.251. The fourth-order valence-corrected chi connectivity index (χ4v) is 2.06. The third kappa shape index (κ3) is 4.32. The van der Waals surface area contributed by atoms with Gasteiger partial charge in [0.25, 0.3) is 0 Å². The molecule has 7 heteroatoms. The molecule has 2 N–H and O–H groups in total. The van der Waals surface area contributed by atoms with Crippen molar-refractivity contribution in [2.24, 2.45) is 0 Å². The van der Waals surface area contributed by atoms with Crippen LogP contribution in [0, 0.1) is 11.6 Å². The Morgan fingerprint density at radius 1 is 1.05 bits per heavy atom. The van der Waals surface area contributed by atoms with Crippen LogP contribution in [0.25, 0.3) is 0 Å². The van der Waals surface area contributed by atoms with E-state index >= 15 is 0 Å². The van der Waals surface area contributed by atoms with Crippen molar-refractivity contribution >= 4 is 40.5 Å². The lowest BCUT2D eigenvalue weighted by molar-refractivity contribution is -0.115. The summed E-state index contributed by atoms with van der Waals surface area (Å²) in [4.78, 5) is 11.8. The van der Waals surface area contributed by atoms with Gasteiger partial charge in [-0.15, -0.1) is 0 Å². The molecule has 0 saturated heterocycles. The summed E-state index contributed by atoms with van der Waals surface area (Å²) in [6, 6.07) is 8.24. The Labute approximate surface area is 136 Å². The predicted octanol–water partition coefficient (Wildman–Crippen LogP) is 4.71. The van der Waals surface area contributed by atoms with Crippen molar-refractivity contribution in [3.8, 4) is 0 Å². The van der Waals surface area contributed by atoms with Crippen LogP contribution in [0.1, 0.15) is 6.42 Å². The van der Waals surface area contributed by atoms with E-state index in [-0.39, 0.29) is 24.6 Å². The fourth-order valence-electron chi connectivity index (χ4n) is 1.77. The van der Waals surface area contributed by atoms with E-state index < -0.39 is 11.6 Å². The van der Waals surface area contributed by atoms with E-state index in [9.17, 15) is 13.6 Å². The molecule has 0 bridgehead atoms. The van der Waals surface area contributed by atoms with E-state index in [0.717, 1.165) is 12.1 Å².